The highest BCUT2D eigenvalue weighted by atomic mass is 32.2. The largest absolute Gasteiger partial charge is 0.368 e. The van der Waals surface area contributed by atoms with Crippen molar-refractivity contribution in [1.29, 1.82) is 0 Å². The summed E-state index contributed by atoms with van der Waals surface area (Å²) in [5, 5.41) is 0. The van der Waals surface area contributed by atoms with E-state index in [0.717, 1.165) is 39.0 Å². The first-order chi connectivity index (χ1) is 10.9. The topological polar surface area (TPSA) is 40.6 Å². The van der Waals surface area contributed by atoms with Crippen molar-refractivity contribution in [2.45, 2.75) is 32.7 Å². The number of para-hydroxylation sites is 1. The predicted octanol–water partition coefficient (Wildman–Crippen LogP) is 2.33. The molecule has 128 valence electrons. The van der Waals surface area contributed by atoms with E-state index in [1.54, 1.807) is 0 Å². The van der Waals surface area contributed by atoms with Crippen LogP contribution in [-0.4, -0.2) is 57.0 Å². The van der Waals surface area contributed by atoms with Crippen LogP contribution in [0.3, 0.4) is 0 Å². The first-order valence-corrected chi connectivity index (χ1v) is 10.5. The number of aryl methyl sites for hydroxylation is 1. The van der Waals surface area contributed by atoms with Crippen molar-refractivity contribution in [3.63, 3.8) is 0 Å². The van der Waals surface area contributed by atoms with Crippen LogP contribution in [0.2, 0.25) is 0 Å². The van der Waals surface area contributed by atoms with Gasteiger partial charge in [-0.1, -0.05) is 18.2 Å². The molecule has 0 spiro atoms. The summed E-state index contributed by atoms with van der Waals surface area (Å²) in [5.41, 5.74) is 2.69. The van der Waals surface area contributed by atoms with E-state index in [9.17, 15) is 8.42 Å². The Balaban J connectivity index is 1.52. The summed E-state index contributed by atoms with van der Waals surface area (Å²) >= 11 is 0. The molecule has 2 heterocycles. The fourth-order valence-corrected chi connectivity index (χ4v) is 5.82. The maximum atomic E-state index is 11.6. The minimum Gasteiger partial charge on any atom is -0.368 e. The maximum absolute atomic E-state index is 11.6. The van der Waals surface area contributed by atoms with Gasteiger partial charge in [0.2, 0.25) is 0 Å². The third-order valence-corrected chi connectivity index (χ3v) is 7.21. The van der Waals surface area contributed by atoms with E-state index in [2.05, 4.69) is 47.9 Å². The lowest BCUT2D eigenvalue weighted by atomic mass is 10.0. The van der Waals surface area contributed by atoms with Crippen molar-refractivity contribution in [2.75, 3.05) is 42.6 Å². The van der Waals surface area contributed by atoms with Crippen LogP contribution in [0, 0.1) is 12.8 Å². The minimum absolute atomic E-state index is 0.376. The monoisotopic (exact) mass is 336 g/mol. The maximum Gasteiger partial charge on any atom is 0.150 e. The molecule has 2 saturated heterocycles. The number of nitrogens with zero attached hydrogens (tertiary/aromatic N) is 2. The van der Waals surface area contributed by atoms with Crippen molar-refractivity contribution in [1.82, 2.24) is 4.90 Å². The Bertz CT molecular complexity index is 644. The van der Waals surface area contributed by atoms with Gasteiger partial charge in [-0.15, -0.1) is 0 Å². The van der Waals surface area contributed by atoms with Crippen molar-refractivity contribution < 1.29 is 8.42 Å². The zero-order chi connectivity index (χ0) is 16.4. The fourth-order valence-electron chi connectivity index (χ4n) is 3.91. The first kappa shape index (κ1) is 16.8. The van der Waals surface area contributed by atoms with E-state index < -0.39 is 9.84 Å². The average Bonchev–Trinajstić information content (AvgIpc) is 2.86. The first-order valence-electron chi connectivity index (χ1n) is 8.70. The van der Waals surface area contributed by atoms with Crippen LogP contribution in [0.15, 0.2) is 24.3 Å². The third-order valence-electron chi connectivity index (χ3n) is 5.37. The van der Waals surface area contributed by atoms with Crippen molar-refractivity contribution in [3.8, 4) is 0 Å². The summed E-state index contributed by atoms with van der Waals surface area (Å²) in [6.45, 7) is 8.66. The van der Waals surface area contributed by atoms with E-state index in [1.165, 1.54) is 11.3 Å². The summed E-state index contributed by atoms with van der Waals surface area (Å²) in [6, 6.07) is 9.10. The number of sulfone groups is 1. The number of piperazine rings is 1. The molecule has 0 bridgehead atoms. The van der Waals surface area contributed by atoms with Gasteiger partial charge in [0.25, 0.3) is 0 Å². The Hall–Kier alpha value is -1.07. The van der Waals surface area contributed by atoms with Gasteiger partial charge in [0, 0.05) is 31.4 Å². The summed E-state index contributed by atoms with van der Waals surface area (Å²) in [4.78, 5) is 5.01. The normalized spacial score (nSPS) is 28.2. The zero-order valence-corrected chi connectivity index (χ0v) is 15.1. The molecule has 0 unspecified atom stereocenters. The Labute approximate surface area is 140 Å². The Morgan fingerprint density at radius 1 is 1.22 bits per heavy atom. The van der Waals surface area contributed by atoms with Gasteiger partial charge in [-0.05, 0) is 50.8 Å². The van der Waals surface area contributed by atoms with E-state index >= 15 is 0 Å². The molecule has 4 nitrogen and oxygen atoms in total. The molecule has 0 aromatic heterocycles. The van der Waals surface area contributed by atoms with Crippen LogP contribution < -0.4 is 4.90 Å². The van der Waals surface area contributed by atoms with Gasteiger partial charge in [-0.3, -0.25) is 4.90 Å². The van der Waals surface area contributed by atoms with Crippen LogP contribution in [0.5, 0.6) is 0 Å². The molecule has 0 aliphatic carbocycles. The molecule has 0 amide bonds. The lowest BCUT2D eigenvalue weighted by Crippen LogP contribution is -2.52. The molecule has 5 heteroatoms. The number of anilines is 1. The molecule has 3 rings (SSSR count). The minimum atomic E-state index is -2.74. The van der Waals surface area contributed by atoms with Gasteiger partial charge in [0.15, 0.2) is 9.84 Å². The van der Waals surface area contributed by atoms with Gasteiger partial charge in [-0.25, -0.2) is 8.42 Å². The molecule has 0 saturated carbocycles. The van der Waals surface area contributed by atoms with Crippen LogP contribution in [0.25, 0.3) is 0 Å². The molecule has 23 heavy (non-hydrogen) atoms. The molecule has 1 aromatic rings. The van der Waals surface area contributed by atoms with E-state index in [1.807, 2.05) is 0 Å². The highest BCUT2D eigenvalue weighted by Gasteiger charge is 2.30. The number of hydrogen-bond donors (Lipinski definition) is 0. The average molecular weight is 337 g/mol. The third kappa shape index (κ3) is 4.07. The summed E-state index contributed by atoms with van der Waals surface area (Å²) in [7, 11) is -2.74. The van der Waals surface area contributed by atoms with Crippen LogP contribution in [0.1, 0.15) is 25.3 Å². The van der Waals surface area contributed by atoms with E-state index in [0.29, 0.717) is 23.5 Å². The van der Waals surface area contributed by atoms with Crippen molar-refractivity contribution in [3.05, 3.63) is 29.8 Å². The van der Waals surface area contributed by atoms with Gasteiger partial charge < -0.3 is 4.90 Å². The summed E-state index contributed by atoms with van der Waals surface area (Å²) in [5.74, 6) is 1.18. The fraction of sp³-hybridized carbons (Fsp3) is 0.667. The molecular weight excluding hydrogens is 308 g/mol. The quantitative estimate of drug-likeness (QED) is 0.846. The van der Waals surface area contributed by atoms with Gasteiger partial charge >= 0.3 is 0 Å². The molecule has 2 fully saturated rings. The highest BCUT2D eigenvalue weighted by molar-refractivity contribution is 7.91. The Kier molecular flexibility index (Phi) is 4.97. The summed E-state index contributed by atoms with van der Waals surface area (Å²) < 4.78 is 23.1. The molecule has 2 atom stereocenters. The molecule has 2 aliphatic heterocycles. The van der Waals surface area contributed by atoms with Crippen molar-refractivity contribution >= 4 is 15.5 Å². The molecule has 0 radical (unpaired) electrons. The molecule has 1 aromatic carbocycles. The molecule has 0 N–H and O–H groups in total. The van der Waals surface area contributed by atoms with Gasteiger partial charge in [0.05, 0.1) is 11.5 Å². The van der Waals surface area contributed by atoms with E-state index in [-0.39, 0.29) is 0 Å². The molecular formula is C18H28N2O2S. The standard InChI is InChI=1S/C18H28N2O2S/c1-15-5-3-4-6-18(15)20-11-10-19(16(2)13-20)9-7-17-8-12-23(21,22)14-17/h3-6,16-17H,7-14H2,1-2H3/t16-,17+/m1/s1. The van der Waals surface area contributed by atoms with Crippen molar-refractivity contribution in [2.24, 2.45) is 5.92 Å². The highest BCUT2D eigenvalue weighted by Crippen LogP contribution is 2.25. The van der Waals surface area contributed by atoms with Crippen LogP contribution >= 0.6 is 0 Å². The van der Waals surface area contributed by atoms with Crippen LogP contribution in [0.4, 0.5) is 5.69 Å². The predicted molar refractivity (Wildman–Crippen MR) is 95.8 cm³/mol. The lowest BCUT2D eigenvalue weighted by molar-refractivity contribution is 0.179. The Morgan fingerprint density at radius 3 is 2.65 bits per heavy atom. The second-order valence-corrected chi connectivity index (χ2v) is 9.40. The number of benzene rings is 1. The second kappa shape index (κ2) is 6.81. The van der Waals surface area contributed by atoms with Gasteiger partial charge in [0.1, 0.15) is 0 Å². The molecule has 2 aliphatic rings. The number of hydrogen-bond acceptors (Lipinski definition) is 4. The smallest absolute Gasteiger partial charge is 0.150 e. The second-order valence-electron chi connectivity index (χ2n) is 7.18. The Morgan fingerprint density at radius 2 is 2.00 bits per heavy atom. The zero-order valence-electron chi connectivity index (χ0n) is 14.2. The van der Waals surface area contributed by atoms with Gasteiger partial charge in [-0.2, -0.15) is 0 Å². The number of rotatable bonds is 4. The summed E-state index contributed by atoms with van der Waals surface area (Å²) in [6.07, 6.45) is 1.88. The van der Waals surface area contributed by atoms with E-state index in [4.69, 9.17) is 0 Å². The van der Waals surface area contributed by atoms with Crippen LogP contribution in [-0.2, 0) is 9.84 Å². The lowest BCUT2D eigenvalue weighted by Gasteiger charge is -2.41. The SMILES string of the molecule is Cc1ccccc1N1CCN(CC[C@H]2CCS(=O)(=O)C2)[C@H](C)C1.